The molecule has 0 radical (unpaired) electrons. The van der Waals surface area contributed by atoms with Crippen molar-refractivity contribution < 1.29 is 18.3 Å². The summed E-state index contributed by atoms with van der Waals surface area (Å²) < 4.78 is 32.3. The zero-order valence-electron chi connectivity index (χ0n) is 14.2. The van der Waals surface area contributed by atoms with Crippen molar-refractivity contribution in [2.45, 2.75) is 33.7 Å². The van der Waals surface area contributed by atoms with Crippen LogP contribution >= 0.6 is 0 Å². The van der Waals surface area contributed by atoms with Crippen molar-refractivity contribution in [3.8, 4) is 5.75 Å². The molecule has 1 N–H and O–H groups in total. The van der Waals surface area contributed by atoms with Crippen molar-refractivity contribution in [1.29, 1.82) is 0 Å². The second kappa shape index (κ2) is 7.43. The van der Waals surface area contributed by atoms with E-state index < -0.39 is 17.7 Å². The maximum absolute atomic E-state index is 13.7. The Labute approximate surface area is 140 Å². The van der Waals surface area contributed by atoms with Gasteiger partial charge in [-0.15, -0.1) is 0 Å². The van der Waals surface area contributed by atoms with E-state index in [-0.39, 0.29) is 18.1 Å². The number of benzene rings is 2. The summed E-state index contributed by atoms with van der Waals surface area (Å²) in [5.41, 5.74) is 3.27. The number of hydrogen-bond donors (Lipinski definition) is 1. The molecule has 0 aromatic heterocycles. The van der Waals surface area contributed by atoms with Gasteiger partial charge in [0.15, 0.2) is 6.61 Å². The SMILES string of the molecule is Cc1cc(C)c(OCC(=O)NC(C)c2ccc(F)cc2F)c(C)c1. The number of ether oxygens (including phenoxy) is 1. The van der Waals surface area contributed by atoms with Gasteiger partial charge in [-0.1, -0.05) is 23.8 Å². The summed E-state index contributed by atoms with van der Waals surface area (Å²) in [7, 11) is 0. The quantitative estimate of drug-likeness (QED) is 0.893. The molecule has 1 atom stereocenters. The van der Waals surface area contributed by atoms with Crippen molar-refractivity contribution in [2.75, 3.05) is 6.61 Å². The number of rotatable bonds is 5. The van der Waals surface area contributed by atoms with Crippen LogP contribution < -0.4 is 10.1 Å². The Morgan fingerprint density at radius 1 is 1.12 bits per heavy atom. The largest absolute Gasteiger partial charge is 0.483 e. The Kier molecular flexibility index (Phi) is 5.54. The molecule has 5 heteroatoms. The van der Waals surface area contributed by atoms with E-state index in [0.29, 0.717) is 5.75 Å². The molecule has 0 aliphatic rings. The Hall–Kier alpha value is -2.43. The highest BCUT2D eigenvalue weighted by molar-refractivity contribution is 5.78. The van der Waals surface area contributed by atoms with Crippen LogP contribution in [0.4, 0.5) is 8.78 Å². The fraction of sp³-hybridized carbons (Fsp3) is 0.316. The Morgan fingerprint density at radius 2 is 1.75 bits per heavy atom. The fourth-order valence-electron chi connectivity index (χ4n) is 2.75. The van der Waals surface area contributed by atoms with Crippen LogP contribution in [0.15, 0.2) is 30.3 Å². The predicted octanol–water partition coefficient (Wildman–Crippen LogP) is 4.15. The van der Waals surface area contributed by atoms with Gasteiger partial charge in [0, 0.05) is 11.6 Å². The lowest BCUT2D eigenvalue weighted by atomic mass is 10.1. The second-order valence-electron chi connectivity index (χ2n) is 5.97. The van der Waals surface area contributed by atoms with E-state index in [9.17, 15) is 13.6 Å². The van der Waals surface area contributed by atoms with Gasteiger partial charge in [-0.05, 0) is 44.9 Å². The molecule has 2 aromatic rings. The molecular weight excluding hydrogens is 312 g/mol. The van der Waals surface area contributed by atoms with Gasteiger partial charge < -0.3 is 10.1 Å². The van der Waals surface area contributed by atoms with Gasteiger partial charge in [-0.3, -0.25) is 4.79 Å². The van der Waals surface area contributed by atoms with Crippen LogP contribution in [0.1, 0.15) is 35.2 Å². The molecule has 0 heterocycles. The van der Waals surface area contributed by atoms with Crippen molar-refractivity contribution >= 4 is 5.91 Å². The van der Waals surface area contributed by atoms with Crippen molar-refractivity contribution in [3.63, 3.8) is 0 Å². The summed E-state index contributed by atoms with van der Waals surface area (Å²) in [5, 5.41) is 2.65. The molecule has 0 saturated carbocycles. The summed E-state index contributed by atoms with van der Waals surface area (Å²) in [4.78, 5) is 12.0. The third kappa shape index (κ3) is 4.31. The smallest absolute Gasteiger partial charge is 0.258 e. The lowest BCUT2D eigenvalue weighted by Gasteiger charge is -2.17. The number of hydrogen-bond acceptors (Lipinski definition) is 2. The van der Waals surface area contributed by atoms with Crippen LogP contribution in [0.25, 0.3) is 0 Å². The number of amides is 1. The zero-order valence-corrected chi connectivity index (χ0v) is 14.2. The first-order valence-electron chi connectivity index (χ1n) is 7.73. The Morgan fingerprint density at radius 3 is 2.33 bits per heavy atom. The first-order valence-corrected chi connectivity index (χ1v) is 7.73. The van der Waals surface area contributed by atoms with Gasteiger partial charge in [-0.2, -0.15) is 0 Å². The van der Waals surface area contributed by atoms with Crippen molar-refractivity contribution in [2.24, 2.45) is 0 Å². The molecule has 0 aliphatic heterocycles. The molecule has 128 valence electrons. The van der Waals surface area contributed by atoms with E-state index in [4.69, 9.17) is 4.74 Å². The maximum Gasteiger partial charge on any atom is 0.258 e. The molecule has 24 heavy (non-hydrogen) atoms. The summed E-state index contributed by atoms with van der Waals surface area (Å²) in [5.74, 6) is -1.03. The van der Waals surface area contributed by atoms with Crippen LogP contribution in [0.5, 0.6) is 5.75 Å². The van der Waals surface area contributed by atoms with Crippen LogP contribution in [0.3, 0.4) is 0 Å². The topological polar surface area (TPSA) is 38.3 Å². The number of halogens is 2. The number of carbonyl (C=O) groups excluding carboxylic acids is 1. The third-order valence-corrected chi connectivity index (χ3v) is 3.76. The maximum atomic E-state index is 13.7. The van der Waals surface area contributed by atoms with Crippen LogP contribution in [-0.2, 0) is 4.79 Å². The molecule has 1 amide bonds. The minimum atomic E-state index is -0.686. The standard InChI is InChI=1S/C19H21F2NO2/c1-11-7-12(2)19(13(3)8-11)24-10-18(23)22-14(4)16-6-5-15(20)9-17(16)21/h5-9,14H,10H2,1-4H3,(H,22,23). The molecule has 0 spiro atoms. The molecule has 0 aliphatic carbocycles. The van der Waals surface area contributed by atoms with E-state index >= 15 is 0 Å². The minimum absolute atomic E-state index is 0.169. The summed E-state index contributed by atoms with van der Waals surface area (Å²) in [6, 6.07) is 6.67. The van der Waals surface area contributed by atoms with Gasteiger partial charge in [0.1, 0.15) is 17.4 Å². The van der Waals surface area contributed by atoms with Crippen LogP contribution in [0, 0.1) is 32.4 Å². The van der Waals surface area contributed by atoms with Crippen LogP contribution in [0.2, 0.25) is 0 Å². The first-order chi connectivity index (χ1) is 11.3. The third-order valence-electron chi connectivity index (χ3n) is 3.76. The lowest BCUT2D eigenvalue weighted by molar-refractivity contribution is -0.123. The Balaban J connectivity index is 1.98. The normalized spacial score (nSPS) is 11.9. The highest BCUT2D eigenvalue weighted by Gasteiger charge is 2.15. The molecule has 3 nitrogen and oxygen atoms in total. The van der Waals surface area contributed by atoms with E-state index in [1.807, 2.05) is 32.9 Å². The number of aryl methyl sites for hydroxylation is 3. The first kappa shape index (κ1) is 17.9. The fourth-order valence-corrected chi connectivity index (χ4v) is 2.75. The summed E-state index contributed by atoms with van der Waals surface area (Å²) in [6.45, 7) is 7.30. The zero-order chi connectivity index (χ0) is 17.9. The average Bonchev–Trinajstić information content (AvgIpc) is 2.45. The monoisotopic (exact) mass is 333 g/mol. The molecule has 0 saturated heterocycles. The second-order valence-corrected chi connectivity index (χ2v) is 5.97. The molecule has 2 rings (SSSR count). The van der Waals surface area contributed by atoms with Gasteiger partial charge in [-0.25, -0.2) is 8.78 Å². The summed E-state index contributed by atoms with van der Waals surface area (Å²) in [6.07, 6.45) is 0. The average molecular weight is 333 g/mol. The van der Waals surface area contributed by atoms with Crippen LogP contribution in [-0.4, -0.2) is 12.5 Å². The molecule has 1 unspecified atom stereocenters. The van der Waals surface area contributed by atoms with E-state index in [0.717, 1.165) is 28.8 Å². The number of carbonyl (C=O) groups is 1. The van der Waals surface area contributed by atoms with Gasteiger partial charge in [0.05, 0.1) is 6.04 Å². The predicted molar refractivity (Wildman–Crippen MR) is 89.1 cm³/mol. The van der Waals surface area contributed by atoms with E-state index in [1.54, 1.807) is 6.92 Å². The molecule has 0 fully saturated rings. The molecule has 0 bridgehead atoms. The minimum Gasteiger partial charge on any atom is -0.483 e. The molecular formula is C19H21F2NO2. The summed E-state index contributed by atoms with van der Waals surface area (Å²) >= 11 is 0. The number of nitrogens with one attached hydrogen (secondary N) is 1. The van der Waals surface area contributed by atoms with Crippen molar-refractivity contribution in [1.82, 2.24) is 5.32 Å². The highest BCUT2D eigenvalue weighted by Crippen LogP contribution is 2.24. The van der Waals surface area contributed by atoms with Gasteiger partial charge in [0.2, 0.25) is 0 Å². The molecule has 2 aromatic carbocycles. The van der Waals surface area contributed by atoms with Gasteiger partial charge >= 0.3 is 0 Å². The highest BCUT2D eigenvalue weighted by atomic mass is 19.1. The van der Waals surface area contributed by atoms with E-state index in [2.05, 4.69) is 5.32 Å². The van der Waals surface area contributed by atoms with Gasteiger partial charge in [0.25, 0.3) is 5.91 Å². The lowest BCUT2D eigenvalue weighted by Crippen LogP contribution is -2.31. The van der Waals surface area contributed by atoms with Crippen molar-refractivity contribution in [3.05, 3.63) is 64.2 Å². The van der Waals surface area contributed by atoms with E-state index in [1.165, 1.54) is 6.07 Å². The Bertz CT molecular complexity index is 736.